The van der Waals surface area contributed by atoms with Crippen molar-refractivity contribution in [2.45, 2.75) is 19.9 Å². The molecule has 90 valence electrons. The Kier molecular flexibility index (Phi) is 4.24. The van der Waals surface area contributed by atoms with Crippen molar-refractivity contribution in [3.8, 4) is 0 Å². The topological polar surface area (TPSA) is 74.0 Å². The second kappa shape index (κ2) is 5.45. The van der Waals surface area contributed by atoms with Crippen molar-refractivity contribution >= 4 is 5.96 Å². The van der Waals surface area contributed by atoms with Gasteiger partial charge in [-0.3, -0.25) is 4.90 Å². The summed E-state index contributed by atoms with van der Waals surface area (Å²) >= 11 is 0. The van der Waals surface area contributed by atoms with E-state index in [1.807, 2.05) is 0 Å². The van der Waals surface area contributed by atoms with Gasteiger partial charge in [-0.05, 0) is 13.8 Å². The first-order chi connectivity index (χ1) is 7.54. The summed E-state index contributed by atoms with van der Waals surface area (Å²) in [5.41, 5.74) is 0. The Morgan fingerprint density at radius 3 is 2.94 bits per heavy atom. The Morgan fingerprint density at radius 1 is 1.75 bits per heavy atom. The maximum Gasteiger partial charge on any atom is 0.273 e. The number of nitro groups is 1. The number of hydrogen-bond acceptors (Lipinski definition) is 3. The zero-order chi connectivity index (χ0) is 12.1. The second-order valence-corrected chi connectivity index (χ2v) is 3.83. The molecule has 1 aliphatic rings. The minimum atomic E-state index is -0.691. The SMILES string of the molecule is C=CCN1CN(C(C)C)CNC1=N[N+](=O)[O-]. The molecule has 7 heteroatoms. The lowest BCUT2D eigenvalue weighted by Gasteiger charge is -2.38. The minimum Gasteiger partial charge on any atom is -0.338 e. The van der Waals surface area contributed by atoms with Crippen LogP contribution in [-0.2, 0) is 0 Å². The highest BCUT2D eigenvalue weighted by Gasteiger charge is 2.24. The van der Waals surface area contributed by atoms with Crippen molar-refractivity contribution in [3.05, 3.63) is 22.8 Å². The molecule has 0 radical (unpaired) electrons. The van der Waals surface area contributed by atoms with Crippen LogP contribution in [0.2, 0.25) is 0 Å². The van der Waals surface area contributed by atoms with E-state index in [0.717, 1.165) is 0 Å². The van der Waals surface area contributed by atoms with Crippen molar-refractivity contribution < 1.29 is 5.03 Å². The molecule has 1 rings (SSSR count). The molecule has 0 aromatic carbocycles. The smallest absolute Gasteiger partial charge is 0.273 e. The number of nitrogens with one attached hydrogen (secondary N) is 1. The fourth-order valence-corrected chi connectivity index (χ4v) is 1.44. The van der Waals surface area contributed by atoms with E-state index in [1.54, 1.807) is 11.0 Å². The lowest BCUT2D eigenvalue weighted by atomic mass is 10.3. The van der Waals surface area contributed by atoms with Gasteiger partial charge in [-0.25, -0.2) is 10.1 Å². The number of nitrogens with zero attached hydrogens (tertiary/aromatic N) is 4. The van der Waals surface area contributed by atoms with Crippen LogP contribution in [0.5, 0.6) is 0 Å². The van der Waals surface area contributed by atoms with Gasteiger partial charge in [0.1, 0.15) is 5.10 Å². The number of hydrazone groups is 1. The van der Waals surface area contributed by atoms with Gasteiger partial charge in [0.25, 0.3) is 5.96 Å². The summed E-state index contributed by atoms with van der Waals surface area (Å²) in [5, 5.41) is 15.9. The summed E-state index contributed by atoms with van der Waals surface area (Å²) in [7, 11) is 0. The summed E-state index contributed by atoms with van der Waals surface area (Å²) in [6.45, 7) is 9.48. The van der Waals surface area contributed by atoms with Crippen LogP contribution in [-0.4, -0.2) is 46.7 Å². The predicted molar refractivity (Wildman–Crippen MR) is 61.2 cm³/mol. The molecule has 0 aromatic heterocycles. The van der Waals surface area contributed by atoms with Crippen LogP contribution in [0.25, 0.3) is 0 Å². The number of guanidine groups is 1. The summed E-state index contributed by atoms with van der Waals surface area (Å²) in [4.78, 5) is 14.3. The Hall–Kier alpha value is -1.63. The Labute approximate surface area is 94.6 Å². The molecular formula is C9H17N5O2. The third-order valence-electron chi connectivity index (χ3n) is 2.35. The van der Waals surface area contributed by atoms with Crippen LogP contribution in [0.1, 0.15) is 13.8 Å². The molecule has 0 saturated carbocycles. The van der Waals surface area contributed by atoms with Gasteiger partial charge in [0.15, 0.2) is 5.03 Å². The zero-order valence-corrected chi connectivity index (χ0v) is 9.59. The van der Waals surface area contributed by atoms with Crippen molar-refractivity contribution in [3.63, 3.8) is 0 Å². The molecular weight excluding hydrogens is 210 g/mol. The normalized spacial score (nSPS) is 19.9. The fraction of sp³-hybridized carbons (Fsp3) is 0.667. The zero-order valence-electron chi connectivity index (χ0n) is 9.59. The van der Waals surface area contributed by atoms with Gasteiger partial charge in [0.2, 0.25) is 0 Å². The Morgan fingerprint density at radius 2 is 2.44 bits per heavy atom. The molecule has 0 atom stereocenters. The number of hydrogen-bond donors (Lipinski definition) is 1. The molecule has 1 aliphatic heterocycles. The van der Waals surface area contributed by atoms with Gasteiger partial charge in [0, 0.05) is 12.6 Å². The lowest BCUT2D eigenvalue weighted by molar-refractivity contribution is -0.486. The molecule has 1 N–H and O–H groups in total. The molecule has 0 bridgehead atoms. The van der Waals surface area contributed by atoms with Crippen LogP contribution in [0.4, 0.5) is 0 Å². The third-order valence-corrected chi connectivity index (χ3v) is 2.35. The molecule has 1 saturated heterocycles. The Balaban J connectivity index is 2.74. The molecule has 1 fully saturated rings. The van der Waals surface area contributed by atoms with Crippen molar-refractivity contribution in [2.75, 3.05) is 19.9 Å². The highest BCUT2D eigenvalue weighted by molar-refractivity contribution is 5.80. The van der Waals surface area contributed by atoms with Crippen molar-refractivity contribution in [2.24, 2.45) is 5.10 Å². The molecule has 1 heterocycles. The molecule has 0 aliphatic carbocycles. The summed E-state index contributed by atoms with van der Waals surface area (Å²) in [6.07, 6.45) is 1.70. The average molecular weight is 227 g/mol. The first kappa shape index (κ1) is 12.4. The first-order valence-electron chi connectivity index (χ1n) is 5.11. The molecule has 0 aromatic rings. The first-order valence-corrected chi connectivity index (χ1v) is 5.11. The standard InChI is InChI=1S/C9H17N5O2/c1-4-5-12-7-13(8(2)3)6-10-9(12)11-14(15)16/h4,8H,1,5-7H2,2-3H3,(H,10,11). The Bertz CT molecular complexity index is 302. The lowest BCUT2D eigenvalue weighted by Crippen LogP contribution is -2.58. The van der Waals surface area contributed by atoms with E-state index in [-0.39, 0.29) is 0 Å². The van der Waals surface area contributed by atoms with Gasteiger partial charge in [-0.15, -0.1) is 6.58 Å². The molecule has 7 nitrogen and oxygen atoms in total. The van der Waals surface area contributed by atoms with E-state index >= 15 is 0 Å². The van der Waals surface area contributed by atoms with E-state index < -0.39 is 5.03 Å². The van der Waals surface area contributed by atoms with Crippen LogP contribution < -0.4 is 5.32 Å². The third kappa shape index (κ3) is 3.20. The molecule has 0 amide bonds. The largest absolute Gasteiger partial charge is 0.338 e. The monoisotopic (exact) mass is 227 g/mol. The van der Waals surface area contributed by atoms with Gasteiger partial charge in [-0.1, -0.05) is 6.08 Å². The van der Waals surface area contributed by atoms with Crippen LogP contribution in [0, 0.1) is 10.1 Å². The van der Waals surface area contributed by atoms with E-state index in [2.05, 4.69) is 35.7 Å². The van der Waals surface area contributed by atoms with E-state index in [1.165, 1.54) is 0 Å². The van der Waals surface area contributed by atoms with Crippen LogP contribution in [0.15, 0.2) is 17.8 Å². The van der Waals surface area contributed by atoms with E-state index in [9.17, 15) is 10.1 Å². The summed E-state index contributed by atoms with van der Waals surface area (Å²) < 4.78 is 0. The maximum atomic E-state index is 10.3. The molecule has 0 spiro atoms. The van der Waals surface area contributed by atoms with Gasteiger partial charge < -0.3 is 10.2 Å². The van der Waals surface area contributed by atoms with Gasteiger partial charge >= 0.3 is 0 Å². The quantitative estimate of drug-likeness (QED) is 0.423. The summed E-state index contributed by atoms with van der Waals surface area (Å²) in [6, 6.07) is 0.372. The number of rotatable bonds is 4. The van der Waals surface area contributed by atoms with Crippen molar-refractivity contribution in [1.82, 2.24) is 15.1 Å². The molecule has 16 heavy (non-hydrogen) atoms. The van der Waals surface area contributed by atoms with Crippen LogP contribution in [0.3, 0.4) is 0 Å². The van der Waals surface area contributed by atoms with Crippen LogP contribution >= 0.6 is 0 Å². The second-order valence-electron chi connectivity index (χ2n) is 3.83. The predicted octanol–water partition coefficient (Wildman–Crippen LogP) is 0.251. The highest BCUT2D eigenvalue weighted by atomic mass is 16.7. The van der Waals surface area contributed by atoms with Gasteiger partial charge in [0.05, 0.1) is 13.3 Å². The maximum absolute atomic E-state index is 10.3. The van der Waals surface area contributed by atoms with Crippen molar-refractivity contribution in [1.29, 1.82) is 0 Å². The average Bonchev–Trinajstić information content (AvgIpc) is 2.20. The van der Waals surface area contributed by atoms with Gasteiger partial charge in [-0.2, -0.15) is 0 Å². The van der Waals surface area contributed by atoms with E-state index in [4.69, 9.17) is 0 Å². The fourth-order valence-electron chi connectivity index (χ4n) is 1.44. The minimum absolute atomic E-state index is 0.293. The molecule has 0 unspecified atom stereocenters. The van der Waals surface area contributed by atoms with E-state index in [0.29, 0.717) is 31.9 Å². The summed E-state index contributed by atoms with van der Waals surface area (Å²) in [5.74, 6) is 0.293. The highest BCUT2D eigenvalue weighted by Crippen LogP contribution is 2.05.